The molecule has 0 fully saturated rings. The van der Waals surface area contributed by atoms with E-state index < -0.39 is 0 Å². The Morgan fingerprint density at radius 1 is 1.19 bits per heavy atom. The fourth-order valence-corrected chi connectivity index (χ4v) is 3.09. The third kappa shape index (κ3) is 5.32. The van der Waals surface area contributed by atoms with Crippen molar-refractivity contribution in [2.24, 2.45) is 4.99 Å². The summed E-state index contributed by atoms with van der Waals surface area (Å²) in [6.07, 6.45) is 7.08. The number of hydrogen-bond acceptors (Lipinski definition) is 4. The predicted octanol–water partition coefficient (Wildman–Crippen LogP) is 1.97. The molecule has 0 amide bonds. The summed E-state index contributed by atoms with van der Waals surface area (Å²) in [6, 6.07) is 8.63. The lowest BCUT2D eigenvalue weighted by atomic mass is 10.2. The van der Waals surface area contributed by atoms with E-state index in [2.05, 4.69) is 80.6 Å². The van der Waals surface area contributed by atoms with E-state index in [1.165, 1.54) is 11.3 Å². The van der Waals surface area contributed by atoms with Crippen molar-refractivity contribution in [1.82, 2.24) is 25.4 Å². The molecular formula is C20H29N7. The molecule has 0 unspecified atom stereocenters. The van der Waals surface area contributed by atoms with Crippen LogP contribution in [0, 0.1) is 0 Å². The summed E-state index contributed by atoms with van der Waals surface area (Å²) in [6.45, 7) is 9.21. The summed E-state index contributed by atoms with van der Waals surface area (Å²) >= 11 is 0. The molecule has 0 aliphatic carbocycles. The topological polar surface area (TPSA) is 70.4 Å². The SMILES string of the molecule is CCNC(=NCc1cccc(N2CC=CC2)c1)NCCn1cnnc1CC. The molecule has 7 heteroatoms. The zero-order valence-corrected chi connectivity index (χ0v) is 16.2. The Morgan fingerprint density at radius 3 is 2.81 bits per heavy atom. The van der Waals surface area contributed by atoms with Crippen LogP contribution in [0.4, 0.5) is 5.69 Å². The lowest BCUT2D eigenvalue weighted by Gasteiger charge is -2.18. The maximum absolute atomic E-state index is 4.73. The first-order chi connectivity index (χ1) is 13.3. The second-order valence-electron chi connectivity index (χ2n) is 6.46. The van der Waals surface area contributed by atoms with Crippen LogP contribution in [0.2, 0.25) is 0 Å². The maximum atomic E-state index is 4.73. The van der Waals surface area contributed by atoms with E-state index in [9.17, 15) is 0 Å². The van der Waals surface area contributed by atoms with Crippen LogP contribution in [0.15, 0.2) is 47.7 Å². The Morgan fingerprint density at radius 2 is 2.04 bits per heavy atom. The number of aliphatic imine (C=N–C) groups is 1. The highest BCUT2D eigenvalue weighted by molar-refractivity contribution is 5.79. The van der Waals surface area contributed by atoms with Gasteiger partial charge in [-0.25, -0.2) is 4.99 Å². The summed E-state index contributed by atoms with van der Waals surface area (Å²) in [5.41, 5.74) is 2.47. The quantitative estimate of drug-likeness (QED) is 0.424. The first-order valence-corrected chi connectivity index (χ1v) is 9.68. The Bertz CT molecular complexity index is 770. The van der Waals surface area contributed by atoms with Gasteiger partial charge in [-0.05, 0) is 24.6 Å². The molecule has 0 saturated heterocycles. The molecule has 1 aliphatic rings. The van der Waals surface area contributed by atoms with Crippen LogP contribution in [0.25, 0.3) is 0 Å². The average molecular weight is 368 g/mol. The van der Waals surface area contributed by atoms with E-state index in [0.29, 0.717) is 6.54 Å². The smallest absolute Gasteiger partial charge is 0.191 e. The normalized spacial score (nSPS) is 14.0. The van der Waals surface area contributed by atoms with Crippen LogP contribution < -0.4 is 15.5 Å². The number of guanidine groups is 1. The van der Waals surface area contributed by atoms with Crippen molar-refractivity contribution >= 4 is 11.6 Å². The Labute approximate surface area is 161 Å². The molecule has 1 aromatic heterocycles. The Kier molecular flexibility index (Phi) is 6.84. The van der Waals surface area contributed by atoms with Gasteiger partial charge in [-0.2, -0.15) is 0 Å². The summed E-state index contributed by atoms with van der Waals surface area (Å²) in [4.78, 5) is 7.08. The average Bonchev–Trinajstić information content (AvgIpc) is 3.38. The van der Waals surface area contributed by atoms with Crippen LogP contribution in [0.3, 0.4) is 0 Å². The van der Waals surface area contributed by atoms with Crippen molar-refractivity contribution in [3.63, 3.8) is 0 Å². The molecule has 7 nitrogen and oxygen atoms in total. The molecule has 2 N–H and O–H groups in total. The monoisotopic (exact) mass is 367 g/mol. The predicted molar refractivity (Wildman–Crippen MR) is 110 cm³/mol. The van der Waals surface area contributed by atoms with E-state index >= 15 is 0 Å². The van der Waals surface area contributed by atoms with Gasteiger partial charge in [0.2, 0.25) is 0 Å². The molecule has 0 bridgehead atoms. The fourth-order valence-electron chi connectivity index (χ4n) is 3.09. The van der Waals surface area contributed by atoms with Crippen LogP contribution >= 0.6 is 0 Å². The molecule has 27 heavy (non-hydrogen) atoms. The van der Waals surface area contributed by atoms with Crippen molar-refractivity contribution in [3.8, 4) is 0 Å². The number of anilines is 1. The van der Waals surface area contributed by atoms with E-state index in [0.717, 1.165) is 50.9 Å². The van der Waals surface area contributed by atoms with Crippen LogP contribution in [-0.4, -0.2) is 46.9 Å². The van der Waals surface area contributed by atoms with E-state index in [1.807, 2.05) is 0 Å². The zero-order chi connectivity index (χ0) is 18.9. The Balaban J connectivity index is 1.56. The van der Waals surface area contributed by atoms with Gasteiger partial charge in [0.15, 0.2) is 5.96 Å². The van der Waals surface area contributed by atoms with E-state index in [4.69, 9.17) is 4.99 Å². The number of nitrogens with zero attached hydrogens (tertiary/aromatic N) is 5. The molecule has 0 spiro atoms. The van der Waals surface area contributed by atoms with Crippen molar-refractivity contribution in [3.05, 3.63) is 54.1 Å². The summed E-state index contributed by atoms with van der Waals surface area (Å²) < 4.78 is 2.07. The lowest BCUT2D eigenvalue weighted by Crippen LogP contribution is -2.38. The first kappa shape index (κ1) is 18.9. The molecule has 2 heterocycles. The highest BCUT2D eigenvalue weighted by Gasteiger charge is 2.08. The summed E-state index contributed by atoms with van der Waals surface area (Å²) in [5.74, 6) is 1.84. The highest BCUT2D eigenvalue weighted by atomic mass is 15.3. The molecule has 0 atom stereocenters. The first-order valence-electron chi connectivity index (χ1n) is 9.68. The van der Waals surface area contributed by atoms with Gasteiger partial charge in [0.25, 0.3) is 0 Å². The number of benzene rings is 1. The highest BCUT2D eigenvalue weighted by Crippen LogP contribution is 2.18. The van der Waals surface area contributed by atoms with E-state index in [-0.39, 0.29) is 0 Å². The molecule has 0 saturated carbocycles. The van der Waals surface area contributed by atoms with Crippen molar-refractivity contribution in [1.29, 1.82) is 0 Å². The van der Waals surface area contributed by atoms with Crippen LogP contribution in [0.5, 0.6) is 0 Å². The second kappa shape index (κ2) is 9.75. The minimum absolute atomic E-state index is 0.650. The zero-order valence-electron chi connectivity index (χ0n) is 16.2. The number of hydrogen-bond donors (Lipinski definition) is 2. The fraction of sp³-hybridized carbons (Fsp3) is 0.450. The van der Waals surface area contributed by atoms with Gasteiger partial charge < -0.3 is 20.1 Å². The summed E-state index contributed by atoms with van der Waals surface area (Å²) in [5, 5.41) is 14.8. The molecule has 2 aromatic rings. The third-order valence-corrected chi connectivity index (χ3v) is 4.52. The second-order valence-corrected chi connectivity index (χ2v) is 6.46. The number of nitrogens with one attached hydrogen (secondary N) is 2. The van der Waals surface area contributed by atoms with Gasteiger partial charge in [0, 0.05) is 44.8 Å². The van der Waals surface area contributed by atoms with Crippen LogP contribution in [0.1, 0.15) is 25.2 Å². The van der Waals surface area contributed by atoms with Gasteiger partial charge in [-0.3, -0.25) is 0 Å². The molecule has 3 rings (SSSR count). The Hall–Kier alpha value is -2.83. The maximum Gasteiger partial charge on any atom is 0.191 e. The van der Waals surface area contributed by atoms with Crippen molar-refractivity contribution in [2.75, 3.05) is 31.1 Å². The summed E-state index contributed by atoms with van der Waals surface area (Å²) in [7, 11) is 0. The third-order valence-electron chi connectivity index (χ3n) is 4.52. The molecule has 0 radical (unpaired) electrons. The largest absolute Gasteiger partial charge is 0.364 e. The number of aromatic nitrogens is 3. The van der Waals surface area contributed by atoms with Gasteiger partial charge in [0.1, 0.15) is 12.2 Å². The minimum atomic E-state index is 0.650. The molecule has 144 valence electrons. The van der Waals surface area contributed by atoms with E-state index in [1.54, 1.807) is 6.33 Å². The molecule has 1 aliphatic heterocycles. The number of aryl methyl sites for hydroxylation is 1. The van der Waals surface area contributed by atoms with Crippen molar-refractivity contribution in [2.45, 2.75) is 33.4 Å². The van der Waals surface area contributed by atoms with Gasteiger partial charge >= 0.3 is 0 Å². The number of rotatable bonds is 8. The molecule has 1 aromatic carbocycles. The van der Waals surface area contributed by atoms with Gasteiger partial charge in [-0.1, -0.05) is 31.2 Å². The van der Waals surface area contributed by atoms with Crippen molar-refractivity contribution < 1.29 is 0 Å². The molecular weight excluding hydrogens is 338 g/mol. The minimum Gasteiger partial charge on any atom is -0.364 e. The lowest BCUT2D eigenvalue weighted by molar-refractivity contribution is 0.632. The van der Waals surface area contributed by atoms with Gasteiger partial charge in [-0.15, -0.1) is 10.2 Å². The van der Waals surface area contributed by atoms with Crippen LogP contribution in [-0.2, 0) is 19.5 Å². The standard InChI is InChI=1S/C20H29N7/c1-3-19-25-24-16-27(19)13-10-22-20(21-4-2)23-15-17-8-7-9-18(14-17)26-11-5-6-12-26/h5-9,14,16H,3-4,10-13,15H2,1-2H3,(H2,21,22,23). The van der Waals surface area contributed by atoms with Gasteiger partial charge in [0.05, 0.1) is 6.54 Å².